The molecule has 14 heavy (non-hydrogen) atoms. The largest absolute Gasteiger partial charge is 0.493 e. The van der Waals surface area contributed by atoms with Crippen molar-refractivity contribution in [2.45, 2.75) is 19.2 Å². The molecule has 1 rings (SSSR count). The normalized spacial score (nSPS) is 9.86. The molecule has 76 valence electrons. The molecular weight excluding hydrogens is 200 g/mol. The van der Waals surface area contributed by atoms with E-state index < -0.39 is 0 Å². The molecule has 0 fully saturated rings. The lowest BCUT2D eigenvalue weighted by Gasteiger charge is -2.09. The van der Waals surface area contributed by atoms with Gasteiger partial charge in [-0.15, -0.1) is 11.6 Å². The van der Waals surface area contributed by atoms with E-state index >= 15 is 0 Å². The summed E-state index contributed by atoms with van der Waals surface area (Å²) in [5.41, 5.74) is 1.49. The van der Waals surface area contributed by atoms with Crippen LogP contribution in [-0.4, -0.2) is 12.9 Å². The van der Waals surface area contributed by atoms with Gasteiger partial charge in [-0.3, -0.25) is 4.79 Å². The Labute approximate surface area is 88.8 Å². The predicted octanol–water partition coefficient (Wildman–Crippen LogP) is 3.03. The van der Waals surface area contributed by atoms with Crippen LogP contribution in [-0.2, 0) is 5.88 Å². The van der Waals surface area contributed by atoms with Crippen molar-refractivity contribution in [3.63, 3.8) is 0 Å². The first-order valence-electron chi connectivity index (χ1n) is 4.58. The van der Waals surface area contributed by atoms with Crippen molar-refractivity contribution in [3.05, 3.63) is 29.3 Å². The number of aldehydes is 1. The number of alkyl halides is 1. The number of ether oxygens (including phenoxy) is 1. The second-order valence-corrected chi connectivity index (χ2v) is 3.23. The number of hydrogen-bond donors (Lipinski definition) is 0. The van der Waals surface area contributed by atoms with Gasteiger partial charge in [0.2, 0.25) is 0 Å². The number of hydrogen-bond acceptors (Lipinski definition) is 2. The van der Waals surface area contributed by atoms with Gasteiger partial charge in [0.15, 0.2) is 0 Å². The topological polar surface area (TPSA) is 26.3 Å². The van der Waals surface area contributed by atoms with Crippen molar-refractivity contribution >= 4 is 17.9 Å². The molecule has 0 unspecified atom stereocenters. The van der Waals surface area contributed by atoms with E-state index in [0.29, 0.717) is 18.1 Å². The molecule has 3 heteroatoms. The van der Waals surface area contributed by atoms with Gasteiger partial charge in [-0.2, -0.15) is 0 Å². The van der Waals surface area contributed by atoms with Gasteiger partial charge in [0, 0.05) is 11.1 Å². The molecule has 0 radical (unpaired) electrons. The summed E-state index contributed by atoms with van der Waals surface area (Å²) < 4.78 is 5.48. The smallest absolute Gasteiger partial charge is 0.150 e. The van der Waals surface area contributed by atoms with Gasteiger partial charge in [-0.1, -0.05) is 6.92 Å². The molecule has 0 atom stereocenters. The van der Waals surface area contributed by atoms with Crippen LogP contribution < -0.4 is 4.74 Å². The molecule has 0 saturated carbocycles. The minimum atomic E-state index is 0.362. The van der Waals surface area contributed by atoms with Crippen LogP contribution >= 0.6 is 11.6 Å². The van der Waals surface area contributed by atoms with E-state index in [1.807, 2.05) is 6.92 Å². The van der Waals surface area contributed by atoms with Crippen molar-refractivity contribution < 1.29 is 9.53 Å². The van der Waals surface area contributed by atoms with E-state index in [9.17, 15) is 4.79 Å². The van der Waals surface area contributed by atoms with Gasteiger partial charge >= 0.3 is 0 Å². The molecule has 0 aromatic heterocycles. The second-order valence-electron chi connectivity index (χ2n) is 2.97. The minimum Gasteiger partial charge on any atom is -0.493 e. The molecule has 0 aliphatic rings. The van der Waals surface area contributed by atoms with Crippen LogP contribution in [0.2, 0.25) is 0 Å². The Kier molecular flexibility index (Phi) is 4.47. The molecular formula is C11H13ClO2. The van der Waals surface area contributed by atoms with Crippen molar-refractivity contribution in [1.29, 1.82) is 0 Å². The molecule has 2 nitrogen and oxygen atoms in total. The highest BCUT2D eigenvalue weighted by Gasteiger charge is 2.03. The van der Waals surface area contributed by atoms with Crippen molar-refractivity contribution in [3.8, 4) is 5.75 Å². The second kappa shape index (κ2) is 5.66. The van der Waals surface area contributed by atoms with Crippen molar-refractivity contribution in [2.75, 3.05) is 6.61 Å². The van der Waals surface area contributed by atoms with Gasteiger partial charge in [0.1, 0.15) is 12.0 Å². The first kappa shape index (κ1) is 11.1. The first-order chi connectivity index (χ1) is 6.81. The summed E-state index contributed by atoms with van der Waals surface area (Å²) in [7, 11) is 0. The first-order valence-corrected chi connectivity index (χ1v) is 5.12. The number of rotatable bonds is 5. The Morgan fingerprint density at radius 1 is 1.50 bits per heavy atom. The van der Waals surface area contributed by atoms with Crippen LogP contribution in [0.1, 0.15) is 29.3 Å². The third-order valence-corrected chi connectivity index (χ3v) is 2.11. The fourth-order valence-electron chi connectivity index (χ4n) is 1.13. The zero-order valence-electron chi connectivity index (χ0n) is 8.13. The van der Waals surface area contributed by atoms with Gasteiger partial charge in [0.05, 0.1) is 12.5 Å². The van der Waals surface area contributed by atoms with Gasteiger partial charge in [-0.05, 0) is 24.6 Å². The third-order valence-electron chi connectivity index (χ3n) is 1.83. The van der Waals surface area contributed by atoms with Crippen LogP contribution in [0.3, 0.4) is 0 Å². The fraction of sp³-hybridized carbons (Fsp3) is 0.364. The summed E-state index contributed by atoms with van der Waals surface area (Å²) >= 11 is 5.74. The molecule has 1 aromatic rings. The minimum absolute atomic E-state index is 0.362. The zero-order chi connectivity index (χ0) is 10.4. The molecule has 0 amide bonds. The molecule has 0 heterocycles. The van der Waals surface area contributed by atoms with Crippen LogP contribution in [0.15, 0.2) is 18.2 Å². The highest BCUT2D eigenvalue weighted by Crippen LogP contribution is 2.21. The van der Waals surface area contributed by atoms with E-state index in [1.165, 1.54) is 0 Å². The number of carbonyl (C=O) groups excluding carboxylic acids is 1. The SMILES string of the molecule is CCCOc1ccc(C=O)cc1CCl. The van der Waals surface area contributed by atoms with Crippen molar-refractivity contribution in [1.82, 2.24) is 0 Å². The standard InChI is InChI=1S/C11H13ClO2/c1-2-5-14-11-4-3-9(8-13)6-10(11)7-12/h3-4,6,8H,2,5,7H2,1H3. The Morgan fingerprint density at radius 2 is 2.29 bits per heavy atom. The van der Waals surface area contributed by atoms with Crippen LogP contribution in [0, 0.1) is 0 Å². The third kappa shape index (κ3) is 2.74. The van der Waals surface area contributed by atoms with E-state index in [0.717, 1.165) is 24.0 Å². The predicted molar refractivity (Wildman–Crippen MR) is 57.2 cm³/mol. The quantitative estimate of drug-likeness (QED) is 0.554. The number of halogens is 1. The summed E-state index contributed by atoms with van der Waals surface area (Å²) in [4.78, 5) is 10.5. The lowest BCUT2D eigenvalue weighted by molar-refractivity contribution is 0.112. The lowest BCUT2D eigenvalue weighted by Crippen LogP contribution is -1.98. The lowest BCUT2D eigenvalue weighted by atomic mass is 10.1. The van der Waals surface area contributed by atoms with E-state index in [-0.39, 0.29) is 0 Å². The number of carbonyl (C=O) groups is 1. The molecule has 0 bridgehead atoms. The van der Waals surface area contributed by atoms with E-state index in [1.54, 1.807) is 18.2 Å². The van der Waals surface area contributed by atoms with Gasteiger partial charge < -0.3 is 4.74 Å². The monoisotopic (exact) mass is 212 g/mol. The highest BCUT2D eigenvalue weighted by atomic mass is 35.5. The molecule has 1 aromatic carbocycles. The summed E-state index contributed by atoms with van der Waals surface area (Å²) in [6.07, 6.45) is 1.76. The van der Waals surface area contributed by atoms with Crippen molar-refractivity contribution in [2.24, 2.45) is 0 Å². The fourth-order valence-corrected chi connectivity index (χ4v) is 1.34. The maximum absolute atomic E-state index is 10.5. The summed E-state index contributed by atoms with van der Waals surface area (Å²) in [6, 6.07) is 5.27. The zero-order valence-corrected chi connectivity index (χ0v) is 8.88. The Hall–Kier alpha value is -1.02. The molecule has 0 aliphatic carbocycles. The van der Waals surface area contributed by atoms with Crippen LogP contribution in [0.25, 0.3) is 0 Å². The van der Waals surface area contributed by atoms with E-state index in [2.05, 4.69) is 0 Å². The number of benzene rings is 1. The maximum atomic E-state index is 10.5. The molecule has 0 spiro atoms. The molecule has 0 N–H and O–H groups in total. The summed E-state index contributed by atoms with van der Waals surface area (Å²) in [6.45, 7) is 2.71. The highest BCUT2D eigenvalue weighted by molar-refractivity contribution is 6.17. The summed E-state index contributed by atoms with van der Waals surface area (Å²) in [5, 5.41) is 0. The average molecular weight is 213 g/mol. The van der Waals surface area contributed by atoms with Gasteiger partial charge in [-0.25, -0.2) is 0 Å². The Bertz CT molecular complexity index is 310. The van der Waals surface area contributed by atoms with Gasteiger partial charge in [0.25, 0.3) is 0 Å². The Balaban J connectivity index is 2.87. The maximum Gasteiger partial charge on any atom is 0.150 e. The molecule has 0 aliphatic heterocycles. The Morgan fingerprint density at radius 3 is 2.86 bits per heavy atom. The van der Waals surface area contributed by atoms with Crippen LogP contribution in [0.5, 0.6) is 5.75 Å². The average Bonchev–Trinajstić information content (AvgIpc) is 2.26. The molecule has 0 saturated heterocycles. The summed E-state index contributed by atoms with van der Waals surface area (Å²) in [5.74, 6) is 1.13. The van der Waals surface area contributed by atoms with E-state index in [4.69, 9.17) is 16.3 Å². The van der Waals surface area contributed by atoms with Crippen LogP contribution in [0.4, 0.5) is 0 Å².